The van der Waals surface area contributed by atoms with Gasteiger partial charge in [-0.05, 0) is 38.5 Å². The van der Waals surface area contributed by atoms with E-state index in [1.54, 1.807) is 11.8 Å². The van der Waals surface area contributed by atoms with Crippen LogP contribution in [0.5, 0.6) is 0 Å². The molecule has 0 spiro atoms. The minimum atomic E-state index is -0.788. The van der Waals surface area contributed by atoms with Gasteiger partial charge in [-0.25, -0.2) is 0 Å². The first-order valence-corrected chi connectivity index (χ1v) is 7.32. The molecule has 2 rings (SSSR count). The molecule has 1 heterocycles. The normalized spacial score (nSPS) is 25.2. The van der Waals surface area contributed by atoms with Gasteiger partial charge in [-0.2, -0.15) is 0 Å². The van der Waals surface area contributed by atoms with Crippen LogP contribution in [0.25, 0.3) is 0 Å². The van der Waals surface area contributed by atoms with Gasteiger partial charge in [0.2, 0.25) is 0 Å². The lowest BCUT2D eigenvalue weighted by Gasteiger charge is -2.20. The van der Waals surface area contributed by atoms with E-state index >= 15 is 0 Å². The van der Waals surface area contributed by atoms with E-state index in [0.717, 1.165) is 17.8 Å². The lowest BCUT2D eigenvalue weighted by Crippen LogP contribution is -2.43. The molecule has 0 bridgehead atoms. The summed E-state index contributed by atoms with van der Waals surface area (Å²) in [6.45, 7) is 6.89. The fourth-order valence-corrected chi connectivity index (χ4v) is 3.68. The molecule has 1 aliphatic heterocycles. The number of carbonyl (C=O) groups is 1. The number of benzene rings is 1. The molecule has 2 atom stereocenters. The predicted molar refractivity (Wildman–Crippen MR) is 79.6 cm³/mol. The zero-order chi connectivity index (χ0) is 14.0. The Morgan fingerprint density at radius 1 is 1.42 bits per heavy atom. The smallest absolute Gasteiger partial charge is 0.322 e. The molecular weight excluding hydrogens is 260 g/mol. The van der Waals surface area contributed by atoms with Gasteiger partial charge in [0.1, 0.15) is 6.04 Å². The van der Waals surface area contributed by atoms with Crippen molar-refractivity contribution in [1.82, 2.24) is 5.32 Å². The number of rotatable bonds is 4. The largest absolute Gasteiger partial charge is 0.480 e. The summed E-state index contributed by atoms with van der Waals surface area (Å²) in [5.41, 5.74) is 2.20. The van der Waals surface area contributed by atoms with Gasteiger partial charge in [0.05, 0.1) is 5.37 Å². The maximum atomic E-state index is 11.2. The van der Waals surface area contributed by atoms with Crippen molar-refractivity contribution < 1.29 is 9.90 Å². The highest BCUT2D eigenvalue weighted by molar-refractivity contribution is 8.01. The number of nitrogens with one attached hydrogen (secondary N) is 2. The number of carboxylic acids is 1. The summed E-state index contributed by atoms with van der Waals surface area (Å²) in [5.74, 6) is -0.788. The Bertz CT molecular complexity index is 459. The summed E-state index contributed by atoms with van der Waals surface area (Å²) >= 11 is 1.66. The van der Waals surface area contributed by atoms with E-state index in [4.69, 9.17) is 0 Å². The summed E-state index contributed by atoms with van der Waals surface area (Å²) in [5, 5.41) is 15.7. The molecule has 0 radical (unpaired) electrons. The van der Waals surface area contributed by atoms with E-state index in [2.05, 4.69) is 17.6 Å². The third-order valence-corrected chi connectivity index (χ3v) is 4.76. The Morgan fingerprint density at radius 3 is 2.53 bits per heavy atom. The zero-order valence-corrected chi connectivity index (χ0v) is 12.3. The molecule has 0 saturated carbocycles. The van der Waals surface area contributed by atoms with Crippen LogP contribution in [-0.4, -0.2) is 28.4 Å². The molecule has 0 amide bonds. The first-order valence-electron chi connectivity index (χ1n) is 6.44. The molecule has 0 aromatic heterocycles. The summed E-state index contributed by atoms with van der Waals surface area (Å²) in [6.07, 6.45) is 0. The van der Waals surface area contributed by atoms with Crippen molar-refractivity contribution in [2.75, 3.05) is 11.9 Å². The highest BCUT2D eigenvalue weighted by Gasteiger charge is 2.45. The van der Waals surface area contributed by atoms with E-state index in [1.165, 1.54) is 0 Å². The van der Waals surface area contributed by atoms with E-state index in [-0.39, 0.29) is 10.1 Å². The first kappa shape index (κ1) is 14.2. The highest BCUT2D eigenvalue weighted by Crippen LogP contribution is 2.45. The van der Waals surface area contributed by atoms with Crippen molar-refractivity contribution in [3.63, 3.8) is 0 Å². The maximum absolute atomic E-state index is 11.2. The molecule has 104 valence electrons. The van der Waals surface area contributed by atoms with Crippen LogP contribution in [-0.2, 0) is 4.79 Å². The number of hydrogen-bond donors (Lipinski definition) is 3. The van der Waals surface area contributed by atoms with Gasteiger partial charge in [0.25, 0.3) is 0 Å². The maximum Gasteiger partial charge on any atom is 0.322 e. The molecule has 1 aliphatic rings. The molecule has 1 aromatic carbocycles. The van der Waals surface area contributed by atoms with Crippen molar-refractivity contribution in [1.29, 1.82) is 0 Å². The number of anilines is 1. The van der Waals surface area contributed by atoms with Crippen LogP contribution in [0, 0.1) is 0 Å². The molecule has 1 saturated heterocycles. The summed E-state index contributed by atoms with van der Waals surface area (Å²) in [6, 6.07) is 7.63. The Kier molecular flexibility index (Phi) is 4.06. The van der Waals surface area contributed by atoms with E-state index in [1.807, 2.05) is 38.1 Å². The number of hydrogen-bond acceptors (Lipinski definition) is 4. The molecule has 3 N–H and O–H groups in total. The average molecular weight is 280 g/mol. The predicted octanol–water partition coefficient (Wildman–Crippen LogP) is 2.69. The van der Waals surface area contributed by atoms with Crippen LogP contribution in [0.1, 0.15) is 31.7 Å². The van der Waals surface area contributed by atoms with Crippen molar-refractivity contribution >= 4 is 23.4 Å². The number of carboxylic acid groups (broad SMARTS) is 1. The van der Waals surface area contributed by atoms with Crippen molar-refractivity contribution in [3.8, 4) is 0 Å². The lowest BCUT2D eigenvalue weighted by molar-refractivity contribution is -0.139. The quantitative estimate of drug-likeness (QED) is 0.791. The topological polar surface area (TPSA) is 61.4 Å². The summed E-state index contributed by atoms with van der Waals surface area (Å²) in [4.78, 5) is 11.2. The number of thioether (sulfide) groups is 1. The Hall–Kier alpha value is -1.20. The Balaban J connectivity index is 2.13. The molecule has 4 nitrogen and oxygen atoms in total. The number of aliphatic carboxylic acids is 1. The van der Waals surface area contributed by atoms with Gasteiger partial charge in [0, 0.05) is 17.0 Å². The average Bonchev–Trinajstić information content (AvgIpc) is 2.66. The van der Waals surface area contributed by atoms with Gasteiger partial charge in [-0.1, -0.05) is 12.1 Å². The molecule has 1 aromatic rings. The van der Waals surface area contributed by atoms with Gasteiger partial charge in [0.15, 0.2) is 0 Å². The third-order valence-electron chi connectivity index (χ3n) is 3.28. The van der Waals surface area contributed by atoms with Gasteiger partial charge < -0.3 is 10.4 Å². The SMILES string of the molecule is CCNc1ccc(C2N[C@@H](C(=O)O)C(C)(C)S2)cc1. The zero-order valence-electron chi connectivity index (χ0n) is 11.4. The summed E-state index contributed by atoms with van der Waals surface area (Å²) < 4.78 is -0.309. The molecular formula is C14H20N2O2S. The van der Waals surface area contributed by atoms with Crippen LogP contribution in [0.4, 0.5) is 5.69 Å². The Morgan fingerprint density at radius 2 is 2.05 bits per heavy atom. The summed E-state index contributed by atoms with van der Waals surface area (Å²) in [7, 11) is 0. The molecule has 1 fully saturated rings. The van der Waals surface area contributed by atoms with Gasteiger partial charge in [-0.3, -0.25) is 10.1 Å². The van der Waals surface area contributed by atoms with Crippen LogP contribution in [0.2, 0.25) is 0 Å². The lowest BCUT2D eigenvalue weighted by atomic mass is 10.0. The van der Waals surface area contributed by atoms with Crippen molar-refractivity contribution in [3.05, 3.63) is 29.8 Å². The molecule has 1 unspecified atom stereocenters. The first-order chi connectivity index (χ1) is 8.94. The van der Waals surface area contributed by atoms with E-state index in [0.29, 0.717) is 0 Å². The molecule has 19 heavy (non-hydrogen) atoms. The minimum Gasteiger partial charge on any atom is -0.480 e. The van der Waals surface area contributed by atoms with E-state index in [9.17, 15) is 9.90 Å². The fraction of sp³-hybridized carbons (Fsp3) is 0.500. The van der Waals surface area contributed by atoms with Crippen LogP contribution in [0.15, 0.2) is 24.3 Å². The van der Waals surface area contributed by atoms with E-state index < -0.39 is 12.0 Å². The standard InChI is InChI=1S/C14H20N2O2S/c1-4-15-10-7-5-9(6-8-10)12-16-11(13(17)18)14(2,3)19-12/h5-8,11-12,15-16H,4H2,1-3H3,(H,17,18)/t11-,12?/m0/s1. The minimum absolute atomic E-state index is 0.0341. The van der Waals surface area contributed by atoms with Gasteiger partial charge in [-0.15, -0.1) is 11.8 Å². The highest BCUT2D eigenvalue weighted by atomic mass is 32.2. The van der Waals surface area contributed by atoms with Crippen LogP contribution in [0.3, 0.4) is 0 Å². The third kappa shape index (κ3) is 3.04. The van der Waals surface area contributed by atoms with Crippen molar-refractivity contribution in [2.24, 2.45) is 0 Å². The van der Waals surface area contributed by atoms with Crippen LogP contribution >= 0.6 is 11.8 Å². The second-order valence-corrected chi connectivity index (χ2v) is 6.95. The second kappa shape index (κ2) is 5.43. The molecule has 5 heteroatoms. The fourth-order valence-electron chi connectivity index (χ4n) is 2.27. The molecule has 0 aliphatic carbocycles. The van der Waals surface area contributed by atoms with Gasteiger partial charge >= 0.3 is 5.97 Å². The second-order valence-electron chi connectivity index (χ2n) is 5.19. The monoisotopic (exact) mass is 280 g/mol. The Labute approximate surface area is 118 Å². The van der Waals surface area contributed by atoms with Crippen LogP contribution < -0.4 is 10.6 Å². The van der Waals surface area contributed by atoms with Crippen molar-refractivity contribution in [2.45, 2.75) is 36.9 Å².